The third kappa shape index (κ3) is 3.21. The number of anilines is 1. The number of nitrogens with zero attached hydrogens (tertiary/aromatic N) is 2. The lowest BCUT2D eigenvalue weighted by atomic mass is 10.0. The molecule has 0 radical (unpaired) electrons. The Morgan fingerprint density at radius 1 is 1.41 bits per heavy atom. The largest absolute Gasteiger partial charge is 0.389 e. The van der Waals surface area contributed by atoms with E-state index in [0.717, 1.165) is 30.8 Å². The lowest BCUT2D eigenvalue weighted by Gasteiger charge is -2.26. The molecule has 0 fully saturated rings. The number of hydrogen-bond donors (Lipinski definition) is 1. The van der Waals surface area contributed by atoms with Crippen LogP contribution in [0.2, 0.25) is 0 Å². The van der Waals surface area contributed by atoms with Crippen LogP contribution in [0.3, 0.4) is 0 Å². The normalized spacial score (nSPS) is 11.9. The molecule has 1 aromatic carbocycles. The molecular formula is C14H20N2O. The van der Waals surface area contributed by atoms with Crippen molar-refractivity contribution in [3.8, 4) is 6.07 Å². The summed E-state index contributed by atoms with van der Waals surface area (Å²) in [7, 11) is 0. The Morgan fingerprint density at radius 2 is 2.12 bits per heavy atom. The summed E-state index contributed by atoms with van der Waals surface area (Å²) >= 11 is 0. The molecule has 0 aliphatic carbocycles. The first-order valence-corrected chi connectivity index (χ1v) is 6.11. The Bertz CT molecular complexity index is 407. The molecule has 0 spiro atoms. The Kier molecular flexibility index (Phi) is 4.99. The van der Waals surface area contributed by atoms with E-state index >= 15 is 0 Å². The van der Waals surface area contributed by atoms with Gasteiger partial charge in [-0.1, -0.05) is 13.0 Å². The fourth-order valence-corrected chi connectivity index (χ4v) is 1.96. The third-order valence-electron chi connectivity index (χ3n) is 2.83. The van der Waals surface area contributed by atoms with Gasteiger partial charge in [0.2, 0.25) is 0 Å². The second-order valence-electron chi connectivity index (χ2n) is 4.14. The molecule has 1 N–H and O–H groups in total. The van der Waals surface area contributed by atoms with Gasteiger partial charge in [-0.2, -0.15) is 5.26 Å². The smallest absolute Gasteiger partial charge is 0.0992 e. The quantitative estimate of drug-likeness (QED) is 0.849. The van der Waals surface area contributed by atoms with Gasteiger partial charge in [-0.25, -0.2) is 0 Å². The number of aliphatic hydroxyl groups is 1. The predicted molar refractivity (Wildman–Crippen MR) is 70.0 cm³/mol. The van der Waals surface area contributed by atoms with Gasteiger partial charge in [0.25, 0.3) is 0 Å². The minimum Gasteiger partial charge on any atom is -0.389 e. The molecule has 3 heteroatoms. The maximum Gasteiger partial charge on any atom is 0.0992 e. The van der Waals surface area contributed by atoms with E-state index < -0.39 is 6.10 Å². The SMILES string of the molecule is CCCN(CC)c1cc(C#N)ccc1[C@@H](C)O. The lowest BCUT2D eigenvalue weighted by molar-refractivity contribution is 0.199. The molecular weight excluding hydrogens is 212 g/mol. The van der Waals surface area contributed by atoms with Crippen molar-refractivity contribution in [2.24, 2.45) is 0 Å². The fraction of sp³-hybridized carbons (Fsp3) is 0.500. The zero-order valence-corrected chi connectivity index (χ0v) is 10.8. The molecule has 0 aliphatic heterocycles. The first kappa shape index (κ1) is 13.5. The summed E-state index contributed by atoms with van der Waals surface area (Å²) < 4.78 is 0. The predicted octanol–water partition coefficient (Wildman–Crippen LogP) is 2.85. The summed E-state index contributed by atoms with van der Waals surface area (Å²) in [5.74, 6) is 0. The molecule has 1 rings (SSSR count). The van der Waals surface area contributed by atoms with E-state index in [-0.39, 0.29) is 0 Å². The van der Waals surface area contributed by atoms with Gasteiger partial charge in [0.05, 0.1) is 17.7 Å². The van der Waals surface area contributed by atoms with Crippen LogP contribution in [-0.4, -0.2) is 18.2 Å². The topological polar surface area (TPSA) is 47.3 Å². The second-order valence-corrected chi connectivity index (χ2v) is 4.14. The maximum atomic E-state index is 9.77. The Balaban J connectivity index is 3.20. The molecule has 0 bridgehead atoms. The van der Waals surface area contributed by atoms with Crippen LogP contribution in [0.5, 0.6) is 0 Å². The van der Waals surface area contributed by atoms with E-state index in [0.29, 0.717) is 5.56 Å². The number of hydrogen-bond acceptors (Lipinski definition) is 3. The minimum absolute atomic E-state index is 0.511. The molecule has 3 nitrogen and oxygen atoms in total. The molecule has 0 unspecified atom stereocenters. The highest BCUT2D eigenvalue weighted by Crippen LogP contribution is 2.27. The van der Waals surface area contributed by atoms with Gasteiger partial charge in [0.15, 0.2) is 0 Å². The van der Waals surface area contributed by atoms with E-state index in [9.17, 15) is 5.11 Å². The van der Waals surface area contributed by atoms with Gasteiger partial charge in [0, 0.05) is 24.3 Å². The minimum atomic E-state index is -0.511. The number of benzene rings is 1. The van der Waals surface area contributed by atoms with Crippen LogP contribution in [0.4, 0.5) is 5.69 Å². The Hall–Kier alpha value is -1.53. The van der Waals surface area contributed by atoms with Crippen molar-refractivity contribution < 1.29 is 5.11 Å². The summed E-state index contributed by atoms with van der Waals surface area (Å²) in [6, 6.07) is 7.61. The van der Waals surface area contributed by atoms with E-state index in [1.807, 2.05) is 12.1 Å². The molecule has 0 saturated heterocycles. The second kappa shape index (κ2) is 6.27. The Morgan fingerprint density at radius 3 is 2.59 bits per heavy atom. The molecule has 0 aliphatic rings. The van der Waals surface area contributed by atoms with Crippen molar-refractivity contribution in [1.82, 2.24) is 0 Å². The summed E-state index contributed by atoms with van der Waals surface area (Å²) in [6.45, 7) is 7.78. The molecule has 0 amide bonds. The zero-order chi connectivity index (χ0) is 12.8. The number of aliphatic hydroxyl groups excluding tert-OH is 1. The average Bonchev–Trinajstić information content (AvgIpc) is 2.35. The first-order valence-electron chi connectivity index (χ1n) is 6.11. The van der Waals surface area contributed by atoms with Gasteiger partial charge in [-0.15, -0.1) is 0 Å². The van der Waals surface area contributed by atoms with Crippen molar-refractivity contribution >= 4 is 5.69 Å². The van der Waals surface area contributed by atoms with Gasteiger partial charge in [-0.3, -0.25) is 0 Å². The molecule has 1 atom stereocenters. The van der Waals surface area contributed by atoms with E-state index in [2.05, 4.69) is 24.8 Å². The lowest BCUT2D eigenvalue weighted by Crippen LogP contribution is -2.25. The molecule has 0 heterocycles. The molecule has 92 valence electrons. The third-order valence-corrected chi connectivity index (χ3v) is 2.83. The van der Waals surface area contributed by atoms with Gasteiger partial charge in [-0.05, 0) is 32.4 Å². The van der Waals surface area contributed by atoms with Crippen molar-refractivity contribution in [3.63, 3.8) is 0 Å². The van der Waals surface area contributed by atoms with Crippen molar-refractivity contribution in [2.45, 2.75) is 33.3 Å². The first-order chi connectivity index (χ1) is 8.13. The molecule has 17 heavy (non-hydrogen) atoms. The summed E-state index contributed by atoms with van der Waals surface area (Å²) in [4.78, 5) is 2.20. The number of rotatable bonds is 5. The van der Waals surface area contributed by atoms with E-state index in [4.69, 9.17) is 5.26 Å². The fourth-order valence-electron chi connectivity index (χ4n) is 1.96. The highest BCUT2D eigenvalue weighted by atomic mass is 16.3. The Labute approximate surface area is 103 Å². The summed E-state index contributed by atoms with van der Waals surface area (Å²) in [5.41, 5.74) is 2.50. The highest BCUT2D eigenvalue weighted by Gasteiger charge is 2.13. The monoisotopic (exact) mass is 232 g/mol. The van der Waals surface area contributed by atoms with Crippen molar-refractivity contribution in [2.75, 3.05) is 18.0 Å². The van der Waals surface area contributed by atoms with Crippen LogP contribution in [0.15, 0.2) is 18.2 Å². The zero-order valence-electron chi connectivity index (χ0n) is 10.8. The van der Waals surface area contributed by atoms with Crippen molar-refractivity contribution in [3.05, 3.63) is 29.3 Å². The molecule has 0 aromatic heterocycles. The molecule has 1 aromatic rings. The van der Waals surface area contributed by atoms with Crippen LogP contribution < -0.4 is 4.90 Å². The van der Waals surface area contributed by atoms with Crippen LogP contribution in [0, 0.1) is 11.3 Å². The standard InChI is InChI=1S/C14H20N2O/c1-4-8-16(5-2)14-9-12(10-15)6-7-13(14)11(3)17/h6-7,9,11,17H,4-5,8H2,1-3H3/t11-/m1/s1. The summed E-state index contributed by atoms with van der Waals surface area (Å²) in [6.07, 6.45) is 0.535. The van der Waals surface area contributed by atoms with Gasteiger partial charge in [0.1, 0.15) is 0 Å². The molecule has 0 saturated carbocycles. The van der Waals surface area contributed by atoms with Gasteiger partial charge < -0.3 is 10.0 Å². The average molecular weight is 232 g/mol. The van der Waals surface area contributed by atoms with Crippen LogP contribution >= 0.6 is 0 Å². The van der Waals surface area contributed by atoms with Crippen molar-refractivity contribution in [1.29, 1.82) is 5.26 Å². The summed E-state index contributed by atoms with van der Waals surface area (Å²) in [5, 5.41) is 18.7. The number of nitriles is 1. The highest BCUT2D eigenvalue weighted by molar-refractivity contribution is 5.58. The van der Waals surface area contributed by atoms with Gasteiger partial charge >= 0.3 is 0 Å². The van der Waals surface area contributed by atoms with Crippen LogP contribution in [-0.2, 0) is 0 Å². The van der Waals surface area contributed by atoms with Crippen LogP contribution in [0.1, 0.15) is 44.4 Å². The van der Waals surface area contributed by atoms with Crippen LogP contribution in [0.25, 0.3) is 0 Å². The van der Waals surface area contributed by atoms with E-state index in [1.54, 1.807) is 13.0 Å². The maximum absolute atomic E-state index is 9.77. The van der Waals surface area contributed by atoms with E-state index in [1.165, 1.54) is 0 Å².